The van der Waals surface area contributed by atoms with Crippen LogP contribution >= 0.6 is 0 Å². The number of para-hydroxylation sites is 1. The van der Waals surface area contributed by atoms with E-state index in [1.165, 1.54) is 0 Å². The zero-order valence-electron chi connectivity index (χ0n) is 14.3. The maximum atomic E-state index is 12.2. The summed E-state index contributed by atoms with van der Waals surface area (Å²) in [6.45, 7) is 1.74. The molecule has 0 saturated carbocycles. The zero-order chi connectivity index (χ0) is 18.4. The summed E-state index contributed by atoms with van der Waals surface area (Å²) in [7, 11) is 0. The van der Waals surface area contributed by atoms with Crippen molar-refractivity contribution in [3.63, 3.8) is 0 Å². The van der Waals surface area contributed by atoms with Gasteiger partial charge in [0.05, 0.1) is 17.4 Å². The third kappa shape index (κ3) is 4.57. The predicted octanol–water partition coefficient (Wildman–Crippen LogP) is 3.49. The van der Waals surface area contributed by atoms with E-state index in [0.29, 0.717) is 5.69 Å². The molecule has 2 amide bonds. The van der Waals surface area contributed by atoms with Crippen molar-refractivity contribution in [3.8, 4) is 0 Å². The van der Waals surface area contributed by atoms with Gasteiger partial charge >= 0.3 is 6.09 Å². The minimum atomic E-state index is -0.746. The number of alkyl carbamates (subject to hydrolysis) is 1. The number of hydrogen-bond donors (Lipinski definition) is 2. The van der Waals surface area contributed by atoms with Crippen LogP contribution in [0.1, 0.15) is 12.5 Å². The van der Waals surface area contributed by atoms with E-state index in [9.17, 15) is 9.59 Å². The Morgan fingerprint density at radius 2 is 1.81 bits per heavy atom. The number of carbonyl (C=O) groups excluding carboxylic acids is 2. The van der Waals surface area contributed by atoms with E-state index in [-0.39, 0.29) is 12.5 Å². The summed E-state index contributed by atoms with van der Waals surface area (Å²) in [6, 6.07) is 18.0. The number of benzene rings is 2. The fourth-order valence-corrected chi connectivity index (χ4v) is 2.40. The van der Waals surface area contributed by atoms with E-state index in [4.69, 9.17) is 4.74 Å². The topological polar surface area (TPSA) is 80.3 Å². The third-order valence-electron chi connectivity index (χ3n) is 3.80. The van der Waals surface area contributed by atoms with Gasteiger partial charge in [0.15, 0.2) is 0 Å². The average Bonchev–Trinajstić information content (AvgIpc) is 2.67. The molecule has 0 aliphatic rings. The smallest absolute Gasteiger partial charge is 0.408 e. The van der Waals surface area contributed by atoms with E-state index in [2.05, 4.69) is 15.6 Å². The summed E-state index contributed by atoms with van der Waals surface area (Å²) >= 11 is 0. The fourth-order valence-electron chi connectivity index (χ4n) is 2.40. The normalized spacial score (nSPS) is 11.6. The summed E-state index contributed by atoms with van der Waals surface area (Å²) in [5.74, 6) is -0.348. The highest BCUT2D eigenvalue weighted by Gasteiger charge is 2.16. The molecule has 26 heavy (non-hydrogen) atoms. The Morgan fingerprint density at radius 3 is 2.62 bits per heavy atom. The van der Waals surface area contributed by atoms with Crippen LogP contribution < -0.4 is 10.6 Å². The molecule has 3 rings (SSSR count). The number of anilines is 1. The van der Waals surface area contributed by atoms with Crippen LogP contribution in [0.2, 0.25) is 0 Å². The molecule has 0 aliphatic heterocycles. The number of pyridine rings is 1. The van der Waals surface area contributed by atoms with Gasteiger partial charge in [-0.15, -0.1) is 0 Å². The molecule has 0 spiro atoms. The molecule has 1 heterocycles. The summed E-state index contributed by atoms with van der Waals surface area (Å²) in [5, 5.41) is 6.18. The first-order valence-electron chi connectivity index (χ1n) is 8.25. The van der Waals surface area contributed by atoms with Crippen molar-refractivity contribution in [1.82, 2.24) is 10.3 Å². The van der Waals surface area contributed by atoms with Crippen LogP contribution in [0.3, 0.4) is 0 Å². The maximum Gasteiger partial charge on any atom is 0.408 e. The fraction of sp³-hybridized carbons (Fsp3) is 0.150. The molecular formula is C20H19N3O3. The van der Waals surface area contributed by atoms with Crippen LogP contribution in [0.4, 0.5) is 10.5 Å². The second-order valence-corrected chi connectivity index (χ2v) is 5.83. The molecule has 2 N–H and O–H groups in total. The van der Waals surface area contributed by atoms with Gasteiger partial charge in [-0.25, -0.2) is 4.79 Å². The van der Waals surface area contributed by atoms with Crippen molar-refractivity contribution < 1.29 is 14.3 Å². The second kappa shape index (κ2) is 8.11. The average molecular weight is 349 g/mol. The molecule has 0 radical (unpaired) electrons. The van der Waals surface area contributed by atoms with Crippen LogP contribution in [0.15, 0.2) is 66.9 Å². The minimum Gasteiger partial charge on any atom is -0.445 e. The largest absolute Gasteiger partial charge is 0.445 e. The maximum absolute atomic E-state index is 12.2. The van der Waals surface area contributed by atoms with Gasteiger partial charge in [-0.3, -0.25) is 9.78 Å². The summed E-state index contributed by atoms with van der Waals surface area (Å²) in [4.78, 5) is 28.4. The number of carbonyl (C=O) groups is 2. The Bertz CT molecular complexity index is 912. The van der Waals surface area contributed by atoms with Gasteiger partial charge in [-0.2, -0.15) is 0 Å². The van der Waals surface area contributed by atoms with Crippen molar-refractivity contribution in [2.75, 3.05) is 5.32 Å². The molecule has 6 heteroatoms. The van der Waals surface area contributed by atoms with Crippen LogP contribution in [-0.2, 0) is 16.1 Å². The van der Waals surface area contributed by atoms with Crippen LogP contribution in [0, 0.1) is 0 Å². The molecule has 0 saturated heterocycles. The van der Waals surface area contributed by atoms with Gasteiger partial charge in [0, 0.05) is 5.39 Å². The van der Waals surface area contributed by atoms with E-state index >= 15 is 0 Å². The molecule has 0 unspecified atom stereocenters. The van der Waals surface area contributed by atoms with E-state index < -0.39 is 12.1 Å². The number of aromatic nitrogens is 1. The Hall–Kier alpha value is -3.41. The van der Waals surface area contributed by atoms with Crippen molar-refractivity contribution in [2.45, 2.75) is 19.6 Å². The molecule has 0 aliphatic carbocycles. The summed E-state index contributed by atoms with van der Waals surface area (Å²) in [5.41, 5.74) is 2.29. The SMILES string of the molecule is C[C@H](NC(=O)OCc1ccccc1)C(=O)Nc1cnc2ccccc2c1. The standard InChI is InChI=1S/C20H19N3O3/c1-14(22-20(25)26-13-15-7-3-2-4-8-15)19(24)23-17-11-16-9-5-6-10-18(16)21-12-17/h2-12,14H,13H2,1H3,(H,22,25)(H,23,24)/t14-/m0/s1. The summed E-state index contributed by atoms with van der Waals surface area (Å²) in [6.07, 6.45) is 0.939. The first-order chi connectivity index (χ1) is 12.6. The number of rotatable bonds is 5. The van der Waals surface area contributed by atoms with Crippen molar-refractivity contribution in [2.24, 2.45) is 0 Å². The Balaban J connectivity index is 1.52. The minimum absolute atomic E-state index is 0.148. The lowest BCUT2D eigenvalue weighted by Crippen LogP contribution is -2.41. The lowest BCUT2D eigenvalue weighted by molar-refractivity contribution is -0.117. The van der Waals surface area contributed by atoms with Crippen LogP contribution in [0.25, 0.3) is 10.9 Å². The lowest BCUT2D eigenvalue weighted by atomic mass is 10.2. The highest BCUT2D eigenvalue weighted by atomic mass is 16.5. The van der Waals surface area contributed by atoms with Crippen LogP contribution in [-0.4, -0.2) is 23.0 Å². The zero-order valence-corrected chi connectivity index (χ0v) is 14.3. The molecule has 1 atom stereocenters. The number of hydrogen-bond acceptors (Lipinski definition) is 4. The van der Waals surface area contributed by atoms with Crippen LogP contribution in [0.5, 0.6) is 0 Å². The Kier molecular flexibility index (Phi) is 5.43. The van der Waals surface area contributed by atoms with Gasteiger partial charge < -0.3 is 15.4 Å². The lowest BCUT2D eigenvalue weighted by Gasteiger charge is -2.14. The van der Waals surface area contributed by atoms with Crippen molar-refractivity contribution in [1.29, 1.82) is 0 Å². The molecule has 0 bridgehead atoms. The number of nitrogens with one attached hydrogen (secondary N) is 2. The first-order valence-corrected chi connectivity index (χ1v) is 8.25. The van der Waals surface area contributed by atoms with Gasteiger partial charge in [0.25, 0.3) is 0 Å². The highest BCUT2D eigenvalue weighted by Crippen LogP contribution is 2.16. The molecule has 132 valence electrons. The van der Waals surface area contributed by atoms with Gasteiger partial charge in [0.2, 0.25) is 5.91 Å². The molecule has 6 nitrogen and oxygen atoms in total. The molecular weight excluding hydrogens is 330 g/mol. The molecule has 2 aromatic carbocycles. The number of ether oxygens (including phenoxy) is 1. The number of amides is 2. The summed E-state index contributed by atoms with van der Waals surface area (Å²) < 4.78 is 5.11. The second-order valence-electron chi connectivity index (χ2n) is 5.83. The molecule has 1 aromatic heterocycles. The van der Waals surface area contributed by atoms with E-state index in [1.807, 2.05) is 60.7 Å². The predicted molar refractivity (Wildman–Crippen MR) is 99.6 cm³/mol. The van der Waals surface area contributed by atoms with Gasteiger partial charge in [-0.05, 0) is 24.6 Å². The highest BCUT2D eigenvalue weighted by molar-refractivity contribution is 5.97. The first kappa shape index (κ1) is 17.4. The quantitative estimate of drug-likeness (QED) is 0.739. The monoisotopic (exact) mass is 349 g/mol. The van der Waals surface area contributed by atoms with Gasteiger partial charge in [0.1, 0.15) is 12.6 Å². The third-order valence-corrected chi connectivity index (χ3v) is 3.80. The Labute approximate surface area is 151 Å². The van der Waals surface area contributed by atoms with Crippen molar-refractivity contribution >= 4 is 28.6 Å². The van der Waals surface area contributed by atoms with E-state index in [1.54, 1.807) is 13.1 Å². The van der Waals surface area contributed by atoms with Gasteiger partial charge in [-0.1, -0.05) is 48.5 Å². The molecule has 3 aromatic rings. The van der Waals surface area contributed by atoms with E-state index in [0.717, 1.165) is 16.5 Å². The number of fused-ring (bicyclic) bond motifs is 1. The van der Waals surface area contributed by atoms with Crippen molar-refractivity contribution in [3.05, 3.63) is 72.4 Å². The number of nitrogens with zero attached hydrogens (tertiary/aromatic N) is 1. The molecule has 0 fully saturated rings. The Morgan fingerprint density at radius 1 is 1.08 bits per heavy atom.